The Labute approximate surface area is 143 Å². The van der Waals surface area contributed by atoms with E-state index in [0.29, 0.717) is 18.1 Å². The molecule has 2 rings (SSSR count). The largest absolute Gasteiger partial charge is 0.459 e. The highest BCUT2D eigenvalue weighted by atomic mass is 79.9. The number of amides is 1. The Hall–Kier alpha value is -1.66. The molecule has 0 aliphatic rings. The summed E-state index contributed by atoms with van der Waals surface area (Å²) in [6.07, 6.45) is 1.26. The van der Waals surface area contributed by atoms with Gasteiger partial charge in [-0.3, -0.25) is 4.79 Å². The van der Waals surface area contributed by atoms with Crippen molar-refractivity contribution in [3.05, 3.63) is 46.6 Å². The van der Waals surface area contributed by atoms with Crippen molar-refractivity contribution in [2.45, 2.75) is 26.3 Å². The molecule has 1 aromatic carbocycles. The third kappa shape index (κ3) is 4.96. The normalized spacial score (nSPS) is 10.3. The predicted molar refractivity (Wildman–Crippen MR) is 94.3 cm³/mol. The molecule has 0 saturated heterocycles. The molecule has 0 spiro atoms. The molecule has 0 unspecified atom stereocenters. The number of nitrogens with one attached hydrogen (secondary N) is 2. The lowest BCUT2D eigenvalue weighted by atomic mass is 10.2. The first-order valence-electron chi connectivity index (χ1n) is 7.01. The summed E-state index contributed by atoms with van der Waals surface area (Å²) in [6, 6.07) is 11.7. The first-order chi connectivity index (χ1) is 10.6. The minimum absolute atomic E-state index is 0.0741. The van der Waals surface area contributed by atoms with Crippen LogP contribution in [0.1, 0.15) is 25.5 Å². The molecule has 0 saturated carbocycles. The van der Waals surface area contributed by atoms with E-state index < -0.39 is 0 Å². The number of carbonyl (C=O) groups excluding carboxylic acids is 1. The topological polar surface area (TPSA) is 54.3 Å². The van der Waals surface area contributed by atoms with Crippen molar-refractivity contribution < 1.29 is 9.21 Å². The molecule has 0 bridgehead atoms. The lowest BCUT2D eigenvalue weighted by Gasteiger charge is -2.07. The van der Waals surface area contributed by atoms with Crippen molar-refractivity contribution in [1.29, 1.82) is 0 Å². The van der Waals surface area contributed by atoms with Crippen molar-refractivity contribution in [1.82, 2.24) is 10.6 Å². The molecule has 0 radical (unpaired) electrons. The van der Waals surface area contributed by atoms with Crippen molar-refractivity contribution >= 4 is 39.2 Å². The lowest BCUT2D eigenvalue weighted by Crippen LogP contribution is -2.38. The molecule has 1 heterocycles. The highest BCUT2D eigenvalue weighted by Crippen LogP contribution is 2.23. The van der Waals surface area contributed by atoms with E-state index in [9.17, 15) is 4.79 Å². The van der Waals surface area contributed by atoms with E-state index in [1.165, 1.54) is 0 Å². The minimum atomic E-state index is -0.0741. The standard InChI is InChI=1S/C16H17BrN2O2S/c1-2-3-15(20)19-16(22)18-10-13-8-9-14(21-13)11-4-6-12(17)7-5-11/h4-9H,2-3,10H2,1H3,(H2,18,19,20,22). The average Bonchev–Trinajstić information content (AvgIpc) is 2.95. The van der Waals surface area contributed by atoms with Crippen molar-refractivity contribution in [3.8, 4) is 11.3 Å². The Morgan fingerprint density at radius 3 is 2.64 bits per heavy atom. The van der Waals surface area contributed by atoms with E-state index in [1.807, 2.05) is 43.3 Å². The molecule has 1 aromatic heterocycles. The van der Waals surface area contributed by atoms with Gasteiger partial charge in [0, 0.05) is 16.5 Å². The van der Waals surface area contributed by atoms with Gasteiger partial charge in [-0.05, 0) is 42.9 Å². The number of carbonyl (C=O) groups is 1. The zero-order valence-corrected chi connectivity index (χ0v) is 14.6. The van der Waals surface area contributed by atoms with Gasteiger partial charge in [0.1, 0.15) is 11.5 Å². The van der Waals surface area contributed by atoms with Gasteiger partial charge < -0.3 is 15.1 Å². The first kappa shape index (κ1) is 16.7. The Kier molecular flexibility index (Phi) is 6.15. The van der Waals surface area contributed by atoms with Crippen LogP contribution in [-0.4, -0.2) is 11.0 Å². The predicted octanol–water partition coefficient (Wildman–Crippen LogP) is 4.00. The summed E-state index contributed by atoms with van der Waals surface area (Å²) in [4.78, 5) is 11.4. The molecule has 6 heteroatoms. The molecule has 1 amide bonds. The van der Waals surface area contributed by atoms with Crippen LogP contribution in [0.25, 0.3) is 11.3 Å². The Morgan fingerprint density at radius 1 is 1.23 bits per heavy atom. The highest BCUT2D eigenvalue weighted by molar-refractivity contribution is 9.10. The lowest BCUT2D eigenvalue weighted by molar-refractivity contribution is -0.119. The molecule has 0 aliphatic heterocycles. The third-order valence-electron chi connectivity index (χ3n) is 2.94. The van der Waals surface area contributed by atoms with Gasteiger partial charge >= 0.3 is 0 Å². The second kappa shape index (κ2) is 8.10. The van der Waals surface area contributed by atoms with Crippen LogP contribution in [0, 0.1) is 0 Å². The monoisotopic (exact) mass is 380 g/mol. The summed E-state index contributed by atoms with van der Waals surface area (Å²) in [5.41, 5.74) is 1.01. The quantitative estimate of drug-likeness (QED) is 0.769. The smallest absolute Gasteiger partial charge is 0.226 e. The molecular weight excluding hydrogens is 364 g/mol. The zero-order chi connectivity index (χ0) is 15.9. The van der Waals surface area contributed by atoms with E-state index in [-0.39, 0.29) is 5.91 Å². The van der Waals surface area contributed by atoms with Crippen LogP contribution in [0.5, 0.6) is 0 Å². The number of benzene rings is 1. The number of hydrogen-bond donors (Lipinski definition) is 2. The van der Waals surface area contributed by atoms with Crippen LogP contribution in [0.2, 0.25) is 0 Å². The van der Waals surface area contributed by atoms with Crippen LogP contribution in [-0.2, 0) is 11.3 Å². The first-order valence-corrected chi connectivity index (χ1v) is 8.21. The van der Waals surface area contributed by atoms with E-state index in [0.717, 1.165) is 28.0 Å². The molecule has 116 valence electrons. The molecule has 0 fully saturated rings. The number of rotatable bonds is 5. The van der Waals surface area contributed by atoms with Gasteiger partial charge in [0.05, 0.1) is 6.54 Å². The number of hydrogen-bond acceptors (Lipinski definition) is 3. The summed E-state index contributed by atoms with van der Waals surface area (Å²) < 4.78 is 6.79. The molecule has 0 aliphatic carbocycles. The summed E-state index contributed by atoms with van der Waals surface area (Å²) in [5, 5.41) is 5.91. The van der Waals surface area contributed by atoms with Gasteiger partial charge in [0.25, 0.3) is 0 Å². The van der Waals surface area contributed by atoms with Gasteiger partial charge in [-0.15, -0.1) is 0 Å². The SMILES string of the molecule is CCCC(=O)NC(=S)NCc1ccc(-c2ccc(Br)cc2)o1. The Bertz CT molecular complexity index is 652. The van der Waals surface area contributed by atoms with E-state index in [1.54, 1.807) is 0 Å². The molecule has 4 nitrogen and oxygen atoms in total. The van der Waals surface area contributed by atoms with Crippen LogP contribution in [0.4, 0.5) is 0 Å². The van der Waals surface area contributed by atoms with Crippen molar-refractivity contribution in [2.75, 3.05) is 0 Å². The second-order valence-corrected chi connectivity index (χ2v) is 6.08. The van der Waals surface area contributed by atoms with Crippen LogP contribution in [0.3, 0.4) is 0 Å². The maximum Gasteiger partial charge on any atom is 0.226 e. The Morgan fingerprint density at radius 2 is 1.95 bits per heavy atom. The van der Waals surface area contributed by atoms with Crippen molar-refractivity contribution in [2.24, 2.45) is 0 Å². The maximum atomic E-state index is 11.4. The van der Waals surface area contributed by atoms with Crippen LogP contribution < -0.4 is 10.6 Å². The van der Waals surface area contributed by atoms with Crippen LogP contribution >= 0.6 is 28.1 Å². The highest BCUT2D eigenvalue weighted by Gasteiger charge is 2.07. The van der Waals surface area contributed by atoms with Gasteiger partial charge in [-0.1, -0.05) is 35.0 Å². The van der Waals surface area contributed by atoms with Gasteiger partial charge in [-0.2, -0.15) is 0 Å². The number of thiocarbonyl (C=S) groups is 1. The third-order valence-corrected chi connectivity index (χ3v) is 3.72. The Balaban J connectivity index is 1.88. The average molecular weight is 381 g/mol. The molecule has 2 N–H and O–H groups in total. The molecule has 0 atom stereocenters. The van der Waals surface area contributed by atoms with Crippen molar-refractivity contribution in [3.63, 3.8) is 0 Å². The molecule has 22 heavy (non-hydrogen) atoms. The second-order valence-electron chi connectivity index (χ2n) is 4.75. The van der Waals surface area contributed by atoms with Gasteiger partial charge in [0.2, 0.25) is 5.91 Å². The summed E-state index contributed by atoms with van der Waals surface area (Å²) >= 11 is 8.47. The van der Waals surface area contributed by atoms with E-state index >= 15 is 0 Å². The van der Waals surface area contributed by atoms with E-state index in [4.69, 9.17) is 16.6 Å². The summed E-state index contributed by atoms with van der Waals surface area (Å²) in [5.74, 6) is 1.48. The fourth-order valence-electron chi connectivity index (χ4n) is 1.87. The minimum Gasteiger partial charge on any atom is -0.459 e. The zero-order valence-electron chi connectivity index (χ0n) is 12.2. The van der Waals surface area contributed by atoms with Crippen LogP contribution in [0.15, 0.2) is 45.3 Å². The van der Waals surface area contributed by atoms with E-state index in [2.05, 4.69) is 26.6 Å². The fraction of sp³-hybridized carbons (Fsp3) is 0.250. The fourth-order valence-corrected chi connectivity index (χ4v) is 2.32. The van der Waals surface area contributed by atoms with Gasteiger partial charge in [0.15, 0.2) is 5.11 Å². The number of halogens is 1. The maximum absolute atomic E-state index is 11.4. The van der Waals surface area contributed by atoms with Gasteiger partial charge in [-0.25, -0.2) is 0 Å². The molecular formula is C16H17BrN2O2S. The summed E-state index contributed by atoms with van der Waals surface area (Å²) in [7, 11) is 0. The summed E-state index contributed by atoms with van der Waals surface area (Å²) in [6.45, 7) is 2.38. The molecule has 2 aromatic rings. The number of furan rings is 1.